The van der Waals surface area contributed by atoms with Crippen LogP contribution in [0.3, 0.4) is 0 Å². The lowest BCUT2D eigenvalue weighted by Crippen LogP contribution is -2.32. The Morgan fingerprint density at radius 2 is 1.61 bits per heavy atom. The smallest absolute Gasteiger partial charge is 0.253 e. The summed E-state index contributed by atoms with van der Waals surface area (Å²) < 4.78 is 0. The number of anilines is 2. The Kier molecular flexibility index (Phi) is 8.87. The molecule has 0 spiro atoms. The van der Waals surface area contributed by atoms with Gasteiger partial charge in [0.1, 0.15) is 0 Å². The van der Waals surface area contributed by atoms with Crippen molar-refractivity contribution in [1.82, 2.24) is 10.2 Å². The molecule has 1 heterocycles. The van der Waals surface area contributed by atoms with Gasteiger partial charge in [-0.3, -0.25) is 14.4 Å². The third-order valence-corrected chi connectivity index (χ3v) is 5.88. The molecular formula is C26H34N4O3. The van der Waals surface area contributed by atoms with Gasteiger partial charge in [0.05, 0.1) is 6.54 Å². The van der Waals surface area contributed by atoms with Crippen LogP contribution in [-0.4, -0.2) is 48.3 Å². The number of amides is 3. The van der Waals surface area contributed by atoms with Crippen LogP contribution < -0.4 is 16.0 Å². The fraction of sp³-hybridized carbons (Fsp3) is 0.423. The van der Waals surface area contributed by atoms with Gasteiger partial charge in [-0.15, -0.1) is 0 Å². The molecule has 176 valence electrons. The molecule has 2 aromatic rings. The molecule has 7 nitrogen and oxygen atoms in total. The maximum atomic E-state index is 12.7. The first-order chi connectivity index (χ1) is 16.0. The number of nitrogens with zero attached hydrogens (tertiary/aromatic N) is 1. The average Bonchev–Trinajstić information content (AvgIpc) is 3.12. The van der Waals surface area contributed by atoms with E-state index in [1.807, 2.05) is 30.9 Å². The molecule has 3 amide bonds. The molecule has 0 aliphatic carbocycles. The van der Waals surface area contributed by atoms with Crippen LogP contribution in [0.2, 0.25) is 0 Å². The first-order valence-electron chi connectivity index (χ1n) is 11.8. The van der Waals surface area contributed by atoms with E-state index in [1.54, 1.807) is 36.4 Å². The summed E-state index contributed by atoms with van der Waals surface area (Å²) in [5.41, 5.74) is 2.50. The largest absolute Gasteiger partial charge is 0.376 e. The molecule has 3 N–H and O–H groups in total. The van der Waals surface area contributed by atoms with Crippen LogP contribution in [0.25, 0.3) is 0 Å². The Morgan fingerprint density at radius 1 is 0.909 bits per heavy atom. The van der Waals surface area contributed by atoms with Gasteiger partial charge in [-0.1, -0.05) is 25.8 Å². The van der Waals surface area contributed by atoms with Gasteiger partial charge in [-0.05, 0) is 68.7 Å². The lowest BCUT2D eigenvalue weighted by atomic mass is 10.1. The highest BCUT2D eigenvalue weighted by atomic mass is 16.2. The van der Waals surface area contributed by atoms with E-state index in [0.29, 0.717) is 16.8 Å². The van der Waals surface area contributed by atoms with Gasteiger partial charge in [0.2, 0.25) is 5.91 Å². The zero-order chi connectivity index (χ0) is 23.6. The topological polar surface area (TPSA) is 90.5 Å². The SMILES string of the molecule is CCC(C)NC(=O)c1cccc(NC(=O)CNc2ccc(C(=O)N3CCCCCC3)cc2)c1. The number of hydrogen-bond acceptors (Lipinski definition) is 4. The van der Waals surface area contributed by atoms with Gasteiger partial charge in [-0.2, -0.15) is 0 Å². The molecule has 0 bridgehead atoms. The summed E-state index contributed by atoms with van der Waals surface area (Å²) in [6.45, 7) is 5.67. The summed E-state index contributed by atoms with van der Waals surface area (Å²) in [5, 5.41) is 8.80. The molecule has 1 saturated heterocycles. The molecule has 0 saturated carbocycles. The van der Waals surface area contributed by atoms with Gasteiger partial charge in [-0.25, -0.2) is 0 Å². The molecule has 1 aliphatic heterocycles. The molecule has 1 fully saturated rings. The summed E-state index contributed by atoms with van der Waals surface area (Å²) in [5.74, 6) is -0.314. The minimum atomic E-state index is -0.223. The zero-order valence-electron chi connectivity index (χ0n) is 19.5. The monoisotopic (exact) mass is 450 g/mol. The van der Waals surface area contributed by atoms with Crippen LogP contribution in [0.5, 0.6) is 0 Å². The highest BCUT2D eigenvalue weighted by Crippen LogP contribution is 2.16. The van der Waals surface area contributed by atoms with Crippen LogP contribution in [-0.2, 0) is 4.79 Å². The quantitative estimate of drug-likeness (QED) is 0.560. The number of carbonyl (C=O) groups is 3. The number of likely N-dealkylation sites (tertiary alicyclic amines) is 1. The van der Waals surface area contributed by atoms with Gasteiger partial charge in [0.25, 0.3) is 11.8 Å². The Labute approximate surface area is 195 Å². The minimum absolute atomic E-state index is 0.0680. The molecule has 7 heteroatoms. The van der Waals surface area contributed by atoms with Crippen LogP contribution in [0.4, 0.5) is 11.4 Å². The minimum Gasteiger partial charge on any atom is -0.376 e. The zero-order valence-corrected chi connectivity index (χ0v) is 19.5. The second-order valence-electron chi connectivity index (χ2n) is 8.55. The van der Waals surface area contributed by atoms with Gasteiger partial charge >= 0.3 is 0 Å². The van der Waals surface area contributed by atoms with Crippen molar-refractivity contribution >= 4 is 29.1 Å². The Morgan fingerprint density at radius 3 is 2.27 bits per heavy atom. The fourth-order valence-electron chi connectivity index (χ4n) is 3.72. The number of hydrogen-bond donors (Lipinski definition) is 3. The van der Waals surface area contributed by atoms with E-state index in [2.05, 4.69) is 16.0 Å². The third kappa shape index (κ3) is 7.34. The maximum Gasteiger partial charge on any atom is 0.253 e. The van der Waals surface area contributed by atoms with Crippen molar-refractivity contribution in [2.45, 2.75) is 52.0 Å². The van der Waals surface area contributed by atoms with Crippen molar-refractivity contribution in [3.05, 3.63) is 59.7 Å². The highest BCUT2D eigenvalue weighted by Gasteiger charge is 2.17. The summed E-state index contributed by atoms with van der Waals surface area (Å²) >= 11 is 0. The van der Waals surface area contributed by atoms with Gasteiger partial charge in [0, 0.05) is 41.6 Å². The van der Waals surface area contributed by atoms with Gasteiger partial charge in [0.15, 0.2) is 0 Å². The Hall–Kier alpha value is -3.35. The summed E-state index contributed by atoms with van der Waals surface area (Å²) in [4.78, 5) is 39.3. The number of carbonyl (C=O) groups excluding carboxylic acids is 3. The molecule has 1 aliphatic rings. The summed E-state index contributed by atoms with van der Waals surface area (Å²) in [6, 6.07) is 14.2. The Balaban J connectivity index is 1.50. The third-order valence-electron chi connectivity index (χ3n) is 5.88. The van der Waals surface area contributed by atoms with E-state index in [9.17, 15) is 14.4 Å². The molecule has 0 radical (unpaired) electrons. The molecule has 1 unspecified atom stereocenters. The van der Waals surface area contributed by atoms with Crippen molar-refractivity contribution in [2.24, 2.45) is 0 Å². The summed E-state index contributed by atoms with van der Waals surface area (Å²) in [6.07, 6.45) is 5.34. The van der Waals surface area contributed by atoms with E-state index >= 15 is 0 Å². The van der Waals surface area contributed by atoms with E-state index in [-0.39, 0.29) is 30.3 Å². The second-order valence-corrected chi connectivity index (χ2v) is 8.55. The number of rotatable bonds is 8. The van der Waals surface area contributed by atoms with Crippen LogP contribution in [0.15, 0.2) is 48.5 Å². The van der Waals surface area contributed by atoms with Crippen LogP contribution in [0, 0.1) is 0 Å². The van der Waals surface area contributed by atoms with Crippen molar-refractivity contribution in [3.63, 3.8) is 0 Å². The first kappa shape index (κ1) is 24.3. The number of benzene rings is 2. The fourth-order valence-corrected chi connectivity index (χ4v) is 3.72. The molecule has 1 atom stereocenters. The van der Waals surface area contributed by atoms with Crippen molar-refractivity contribution in [1.29, 1.82) is 0 Å². The van der Waals surface area contributed by atoms with E-state index < -0.39 is 0 Å². The van der Waals surface area contributed by atoms with E-state index in [0.717, 1.165) is 38.0 Å². The molecular weight excluding hydrogens is 416 g/mol. The van der Waals surface area contributed by atoms with Crippen LogP contribution >= 0.6 is 0 Å². The van der Waals surface area contributed by atoms with Gasteiger partial charge < -0.3 is 20.9 Å². The normalized spacial score (nSPS) is 14.7. The lowest BCUT2D eigenvalue weighted by molar-refractivity contribution is -0.114. The van der Waals surface area contributed by atoms with E-state index in [4.69, 9.17) is 0 Å². The molecule has 33 heavy (non-hydrogen) atoms. The number of nitrogens with one attached hydrogen (secondary N) is 3. The molecule has 2 aromatic carbocycles. The van der Waals surface area contributed by atoms with Crippen molar-refractivity contribution in [3.8, 4) is 0 Å². The first-order valence-corrected chi connectivity index (χ1v) is 11.8. The molecule has 0 aromatic heterocycles. The second kappa shape index (κ2) is 12.0. The van der Waals surface area contributed by atoms with Crippen molar-refractivity contribution in [2.75, 3.05) is 30.3 Å². The summed E-state index contributed by atoms with van der Waals surface area (Å²) in [7, 11) is 0. The average molecular weight is 451 g/mol. The molecule has 3 rings (SSSR count). The van der Waals surface area contributed by atoms with Crippen LogP contribution in [0.1, 0.15) is 66.7 Å². The standard InChI is InChI=1S/C26H34N4O3/c1-3-19(2)28-25(32)21-9-8-10-23(17-21)29-24(31)18-27-22-13-11-20(12-14-22)26(33)30-15-6-4-5-7-16-30/h8-14,17,19,27H,3-7,15-16,18H2,1-2H3,(H,28,32)(H,29,31). The highest BCUT2D eigenvalue weighted by molar-refractivity contribution is 5.98. The predicted octanol–water partition coefficient (Wildman–Crippen LogP) is 4.28. The predicted molar refractivity (Wildman–Crippen MR) is 132 cm³/mol. The maximum absolute atomic E-state index is 12.7. The van der Waals surface area contributed by atoms with E-state index in [1.165, 1.54) is 12.8 Å². The Bertz CT molecular complexity index is 950. The lowest BCUT2D eigenvalue weighted by Gasteiger charge is -2.20. The van der Waals surface area contributed by atoms with Crippen molar-refractivity contribution < 1.29 is 14.4 Å².